The minimum absolute atomic E-state index is 0.129. The molecular weight excluding hydrogens is 290 g/mol. The first-order chi connectivity index (χ1) is 10.1. The number of aliphatic carboxylic acids is 1. The van der Waals surface area contributed by atoms with E-state index in [-0.39, 0.29) is 24.8 Å². The van der Waals surface area contributed by atoms with Crippen LogP contribution in [0.1, 0.15) is 47.5 Å². The molecule has 0 aromatic heterocycles. The Morgan fingerprint density at radius 3 is 2.09 bits per heavy atom. The molecule has 22 heavy (non-hydrogen) atoms. The van der Waals surface area contributed by atoms with E-state index in [1.165, 1.54) is 6.92 Å². The molecule has 0 saturated carbocycles. The van der Waals surface area contributed by atoms with Gasteiger partial charge in [0.15, 0.2) is 0 Å². The average molecular weight is 316 g/mol. The van der Waals surface area contributed by atoms with Crippen molar-refractivity contribution >= 4 is 18.0 Å². The number of rotatable bonds is 9. The number of carbonyl (C=O) groups excluding carboxylic acids is 3. The highest BCUT2D eigenvalue weighted by atomic mass is 16.7. The van der Waals surface area contributed by atoms with Crippen LogP contribution in [0.2, 0.25) is 0 Å². The second kappa shape index (κ2) is 10.0. The van der Waals surface area contributed by atoms with E-state index in [2.05, 4.69) is 5.32 Å². The van der Waals surface area contributed by atoms with Gasteiger partial charge in [-0.2, -0.15) is 0 Å². The zero-order valence-electron chi connectivity index (χ0n) is 13.9. The van der Waals surface area contributed by atoms with Crippen LogP contribution in [0, 0.1) is 17.8 Å². The van der Waals surface area contributed by atoms with E-state index >= 15 is 0 Å². The van der Waals surface area contributed by atoms with Crippen molar-refractivity contribution < 1.29 is 29.0 Å². The van der Waals surface area contributed by atoms with E-state index in [1.807, 2.05) is 13.8 Å². The van der Waals surface area contributed by atoms with Crippen molar-refractivity contribution in [2.45, 2.75) is 53.8 Å². The van der Waals surface area contributed by atoms with Gasteiger partial charge in [0.2, 0.25) is 6.29 Å². The highest BCUT2D eigenvalue weighted by Gasteiger charge is 2.18. The molecule has 0 aromatic rings. The molecule has 7 heteroatoms. The summed E-state index contributed by atoms with van der Waals surface area (Å²) in [6, 6.07) is 0. The lowest BCUT2D eigenvalue weighted by Gasteiger charge is -2.21. The van der Waals surface area contributed by atoms with Crippen molar-refractivity contribution in [3.63, 3.8) is 0 Å². The Bertz CT molecular complexity index is 380. The number of carboxylic acids is 1. The molecule has 0 aliphatic rings. The van der Waals surface area contributed by atoms with E-state index in [9.17, 15) is 19.5 Å². The quantitative estimate of drug-likeness (QED) is 0.504. The Morgan fingerprint density at radius 1 is 1.05 bits per heavy atom. The molecule has 0 unspecified atom stereocenters. The number of carboxylic acid groups (broad SMARTS) is 1. The van der Waals surface area contributed by atoms with Crippen LogP contribution in [0.15, 0.2) is 0 Å². The molecule has 1 N–H and O–H groups in total. The van der Waals surface area contributed by atoms with E-state index < -0.39 is 24.3 Å². The summed E-state index contributed by atoms with van der Waals surface area (Å²) >= 11 is 0. The normalized spacial score (nSPS) is 13.6. The fourth-order valence-corrected chi connectivity index (χ4v) is 1.88. The summed E-state index contributed by atoms with van der Waals surface area (Å²) in [6.07, 6.45) is -1.24. The number of carbonyl (C=O) groups is 3. The maximum Gasteiger partial charge on any atom is 0.410 e. The molecule has 0 aromatic carbocycles. The lowest BCUT2D eigenvalue weighted by atomic mass is 9.94. The number of ether oxygens (including phenoxy) is 2. The Labute approximate surface area is 131 Å². The number of nitrogens with one attached hydrogen (secondary N) is 1. The summed E-state index contributed by atoms with van der Waals surface area (Å²) in [6.45, 7) is 8.88. The van der Waals surface area contributed by atoms with Crippen LogP contribution in [0.25, 0.3) is 0 Å². The summed E-state index contributed by atoms with van der Waals surface area (Å²) in [4.78, 5) is 33.6. The van der Waals surface area contributed by atoms with Crippen molar-refractivity contribution in [2.24, 2.45) is 17.8 Å². The third-order valence-electron chi connectivity index (χ3n) is 2.82. The lowest BCUT2D eigenvalue weighted by Crippen LogP contribution is -2.36. The maximum absolute atomic E-state index is 11.6. The Hall–Kier alpha value is -1.79. The van der Waals surface area contributed by atoms with E-state index in [4.69, 9.17) is 9.47 Å². The minimum atomic E-state index is -1.15. The zero-order chi connectivity index (χ0) is 17.3. The maximum atomic E-state index is 11.6. The first kappa shape index (κ1) is 20.2. The number of amides is 1. The van der Waals surface area contributed by atoms with Crippen LogP contribution >= 0.6 is 0 Å². The first-order valence-electron chi connectivity index (χ1n) is 7.46. The number of hydrogen-bond donors (Lipinski definition) is 1. The average Bonchev–Trinajstić information content (AvgIpc) is 2.34. The molecule has 0 fully saturated rings. The second-order valence-corrected chi connectivity index (χ2v) is 6.02. The smallest absolute Gasteiger partial charge is 0.410 e. The standard InChI is InChI=1S/C15H27NO6/c1-9(2)6-12(7-13(17)18)8-16-15(20)22-11(5)21-14(19)10(3)4/h9-12H,6-8H2,1-5H3,(H,16,20)(H,17,18)/p-1/t11-,12+/m1/s1. The fourth-order valence-electron chi connectivity index (χ4n) is 1.88. The van der Waals surface area contributed by atoms with E-state index in [0.29, 0.717) is 12.3 Å². The highest BCUT2D eigenvalue weighted by Crippen LogP contribution is 2.14. The van der Waals surface area contributed by atoms with E-state index in [1.54, 1.807) is 13.8 Å². The van der Waals surface area contributed by atoms with Crippen LogP contribution in [-0.4, -0.2) is 30.9 Å². The van der Waals surface area contributed by atoms with Crippen LogP contribution in [0.4, 0.5) is 4.79 Å². The predicted molar refractivity (Wildman–Crippen MR) is 77.4 cm³/mol. The number of alkyl carbamates (subject to hydrolysis) is 1. The summed E-state index contributed by atoms with van der Waals surface area (Å²) < 4.78 is 9.77. The summed E-state index contributed by atoms with van der Waals surface area (Å²) in [5.41, 5.74) is 0. The lowest BCUT2D eigenvalue weighted by molar-refractivity contribution is -0.306. The molecule has 0 aliphatic carbocycles. The van der Waals surface area contributed by atoms with Gasteiger partial charge in [-0.15, -0.1) is 0 Å². The summed E-state index contributed by atoms with van der Waals surface area (Å²) in [5, 5.41) is 13.2. The SMILES string of the molecule is CC(C)C[C@H](CNC(=O)O[C@H](C)OC(=O)C(C)C)CC(=O)[O-]. The third-order valence-corrected chi connectivity index (χ3v) is 2.82. The van der Waals surface area contributed by atoms with E-state index in [0.717, 1.165) is 0 Å². The van der Waals surface area contributed by atoms with Gasteiger partial charge in [-0.3, -0.25) is 4.79 Å². The molecule has 7 nitrogen and oxygen atoms in total. The Balaban J connectivity index is 4.22. The number of hydrogen-bond acceptors (Lipinski definition) is 6. The second-order valence-electron chi connectivity index (χ2n) is 6.02. The Morgan fingerprint density at radius 2 is 1.64 bits per heavy atom. The fraction of sp³-hybridized carbons (Fsp3) is 0.800. The van der Waals surface area contributed by atoms with Crippen LogP contribution in [-0.2, 0) is 19.1 Å². The van der Waals surface area contributed by atoms with Gasteiger partial charge in [0.1, 0.15) is 0 Å². The predicted octanol–water partition coefficient (Wildman–Crippen LogP) is 1.06. The van der Waals surface area contributed by atoms with Gasteiger partial charge in [-0.05, 0) is 24.7 Å². The molecule has 0 saturated heterocycles. The summed E-state index contributed by atoms with van der Waals surface area (Å²) in [7, 11) is 0. The molecule has 0 spiro atoms. The molecular formula is C15H26NO6-. The minimum Gasteiger partial charge on any atom is -0.550 e. The van der Waals surface area contributed by atoms with Crippen LogP contribution in [0.5, 0.6) is 0 Å². The molecule has 1 amide bonds. The van der Waals surface area contributed by atoms with Crippen molar-refractivity contribution in [3.05, 3.63) is 0 Å². The highest BCUT2D eigenvalue weighted by molar-refractivity contribution is 5.72. The van der Waals surface area contributed by atoms with Gasteiger partial charge in [-0.1, -0.05) is 27.7 Å². The van der Waals surface area contributed by atoms with Gasteiger partial charge in [0, 0.05) is 19.4 Å². The van der Waals surface area contributed by atoms with Gasteiger partial charge in [0.25, 0.3) is 0 Å². The van der Waals surface area contributed by atoms with Crippen LogP contribution in [0.3, 0.4) is 0 Å². The Kier molecular flexibility index (Phi) is 9.21. The van der Waals surface area contributed by atoms with Gasteiger partial charge < -0.3 is 24.7 Å². The molecule has 0 radical (unpaired) electrons. The molecule has 0 bridgehead atoms. The van der Waals surface area contributed by atoms with Crippen molar-refractivity contribution in [1.29, 1.82) is 0 Å². The topological polar surface area (TPSA) is 105 Å². The van der Waals surface area contributed by atoms with Gasteiger partial charge >= 0.3 is 12.1 Å². The molecule has 0 heterocycles. The van der Waals surface area contributed by atoms with Crippen molar-refractivity contribution in [2.75, 3.05) is 6.54 Å². The first-order valence-corrected chi connectivity index (χ1v) is 7.46. The molecule has 0 rings (SSSR count). The number of esters is 1. The third kappa shape index (κ3) is 10.0. The van der Waals surface area contributed by atoms with Crippen molar-refractivity contribution in [3.8, 4) is 0 Å². The van der Waals surface area contributed by atoms with Crippen molar-refractivity contribution in [1.82, 2.24) is 5.32 Å². The zero-order valence-corrected chi connectivity index (χ0v) is 13.9. The monoisotopic (exact) mass is 316 g/mol. The molecule has 128 valence electrons. The van der Waals surface area contributed by atoms with Crippen LogP contribution < -0.4 is 10.4 Å². The molecule has 0 aliphatic heterocycles. The largest absolute Gasteiger partial charge is 0.550 e. The molecule has 2 atom stereocenters. The van der Waals surface area contributed by atoms with Gasteiger partial charge in [0.05, 0.1) is 5.92 Å². The van der Waals surface area contributed by atoms with Gasteiger partial charge in [-0.25, -0.2) is 4.79 Å². The summed E-state index contributed by atoms with van der Waals surface area (Å²) in [5.74, 6) is -1.86.